The van der Waals surface area contributed by atoms with Crippen LogP contribution in [0.2, 0.25) is 0 Å². The zero-order valence-electron chi connectivity index (χ0n) is 10.9. The van der Waals surface area contributed by atoms with Crippen LogP contribution in [0.4, 0.5) is 0 Å². The zero-order chi connectivity index (χ0) is 13.8. The van der Waals surface area contributed by atoms with Gasteiger partial charge in [0.2, 0.25) is 10.0 Å². The smallest absolute Gasteiger partial charge is 0.241 e. The van der Waals surface area contributed by atoms with Crippen molar-refractivity contribution in [3.8, 4) is 0 Å². The van der Waals surface area contributed by atoms with Gasteiger partial charge in [-0.25, -0.2) is 13.1 Å². The Bertz CT molecular complexity index is 515. The molecule has 0 heterocycles. The van der Waals surface area contributed by atoms with Gasteiger partial charge in [-0.2, -0.15) is 0 Å². The minimum atomic E-state index is -3.43. The first-order chi connectivity index (χ1) is 8.42. The highest BCUT2D eigenvalue weighted by Crippen LogP contribution is 2.27. The molecule has 0 atom stereocenters. The standard InChI is InChI=1S/C12H19BrN2O2S/c1-4-5-15-8-10-6-9(2)12(13)11(7-10)18(16,17)14-3/h6-7,14-15H,4-5,8H2,1-3H3. The van der Waals surface area contributed by atoms with Gasteiger partial charge in [0, 0.05) is 11.0 Å². The zero-order valence-corrected chi connectivity index (χ0v) is 13.3. The molecule has 0 aromatic heterocycles. The van der Waals surface area contributed by atoms with Crippen molar-refractivity contribution in [3.05, 3.63) is 27.7 Å². The number of aryl methyl sites for hydroxylation is 1. The lowest BCUT2D eigenvalue weighted by Gasteiger charge is -2.11. The summed E-state index contributed by atoms with van der Waals surface area (Å²) in [6.07, 6.45) is 1.05. The minimum Gasteiger partial charge on any atom is -0.313 e. The fourth-order valence-electron chi connectivity index (χ4n) is 1.63. The average Bonchev–Trinajstić information content (AvgIpc) is 2.33. The van der Waals surface area contributed by atoms with Gasteiger partial charge in [0.05, 0.1) is 4.90 Å². The Morgan fingerprint density at radius 2 is 2.00 bits per heavy atom. The molecule has 0 radical (unpaired) electrons. The van der Waals surface area contributed by atoms with E-state index in [0.717, 1.165) is 24.1 Å². The molecule has 1 rings (SSSR count). The van der Waals surface area contributed by atoms with Gasteiger partial charge in [-0.15, -0.1) is 0 Å². The molecular weight excluding hydrogens is 316 g/mol. The van der Waals surface area contributed by atoms with Crippen LogP contribution >= 0.6 is 15.9 Å². The second kappa shape index (κ2) is 6.65. The van der Waals surface area contributed by atoms with Gasteiger partial charge in [-0.1, -0.05) is 13.0 Å². The van der Waals surface area contributed by atoms with Crippen molar-refractivity contribution in [2.24, 2.45) is 0 Å². The van der Waals surface area contributed by atoms with Crippen molar-refractivity contribution in [2.75, 3.05) is 13.6 Å². The molecule has 0 bridgehead atoms. The Kier molecular flexibility index (Phi) is 5.78. The van der Waals surface area contributed by atoms with E-state index in [-0.39, 0.29) is 0 Å². The van der Waals surface area contributed by atoms with Crippen LogP contribution in [0.3, 0.4) is 0 Å². The Hall–Kier alpha value is -0.430. The summed E-state index contributed by atoms with van der Waals surface area (Å²) >= 11 is 3.33. The number of benzene rings is 1. The molecule has 1 aromatic carbocycles. The fraction of sp³-hybridized carbons (Fsp3) is 0.500. The molecule has 0 amide bonds. The molecule has 0 aliphatic heterocycles. The van der Waals surface area contributed by atoms with Gasteiger partial charge >= 0.3 is 0 Å². The van der Waals surface area contributed by atoms with Crippen molar-refractivity contribution in [2.45, 2.75) is 31.7 Å². The van der Waals surface area contributed by atoms with Gasteiger partial charge in [-0.05, 0) is 60.1 Å². The molecule has 1 aromatic rings. The molecule has 0 spiro atoms. The van der Waals surface area contributed by atoms with Crippen LogP contribution in [0.1, 0.15) is 24.5 Å². The number of hydrogen-bond donors (Lipinski definition) is 2. The van der Waals surface area contributed by atoms with E-state index < -0.39 is 10.0 Å². The molecule has 2 N–H and O–H groups in total. The highest BCUT2D eigenvalue weighted by molar-refractivity contribution is 9.10. The van der Waals surface area contributed by atoms with E-state index in [1.165, 1.54) is 7.05 Å². The first kappa shape index (κ1) is 15.6. The summed E-state index contributed by atoms with van der Waals surface area (Å²) in [7, 11) is -2.01. The van der Waals surface area contributed by atoms with E-state index in [2.05, 4.69) is 32.9 Å². The number of hydrogen-bond acceptors (Lipinski definition) is 3. The Morgan fingerprint density at radius 1 is 1.33 bits per heavy atom. The van der Waals surface area contributed by atoms with Crippen LogP contribution in [-0.2, 0) is 16.6 Å². The van der Waals surface area contributed by atoms with Crippen LogP contribution in [0, 0.1) is 6.92 Å². The predicted octanol–water partition coefficient (Wildman–Crippen LogP) is 2.17. The summed E-state index contributed by atoms with van der Waals surface area (Å²) in [4.78, 5) is 0.290. The molecule has 0 aliphatic carbocycles. The average molecular weight is 335 g/mol. The summed E-state index contributed by atoms with van der Waals surface area (Å²) in [5, 5.41) is 3.26. The van der Waals surface area contributed by atoms with Gasteiger partial charge in [0.1, 0.15) is 0 Å². The van der Waals surface area contributed by atoms with Gasteiger partial charge in [0.15, 0.2) is 0 Å². The third kappa shape index (κ3) is 3.78. The summed E-state index contributed by atoms with van der Waals surface area (Å²) in [5.41, 5.74) is 1.89. The maximum atomic E-state index is 11.9. The maximum absolute atomic E-state index is 11.9. The molecule has 102 valence electrons. The van der Waals surface area contributed by atoms with Crippen molar-refractivity contribution >= 4 is 26.0 Å². The van der Waals surface area contributed by atoms with Crippen molar-refractivity contribution < 1.29 is 8.42 Å². The van der Waals surface area contributed by atoms with Gasteiger partial charge < -0.3 is 5.32 Å². The second-order valence-corrected chi connectivity index (χ2v) is 6.76. The SMILES string of the molecule is CCCNCc1cc(C)c(Br)c(S(=O)(=O)NC)c1. The number of sulfonamides is 1. The Morgan fingerprint density at radius 3 is 2.56 bits per heavy atom. The lowest BCUT2D eigenvalue weighted by molar-refractivity contribution is 0.587. The van der Waals surface area contributed by atoms with Crippen LogP contribution in [0.5, 0.6) is 0 Å². The first-order valence-electron chi connectivity index (χ1n) is 5.85. The molecule has 0 saturated carbocycles. The lowest BCUT2D eigenvalue weighted by Crippen LogP contribution is -2.20. The lowest BCUT2D eigenvalue weighted by atomic mass is 10.1. The highest BCUT2D eigenvalue weighted by Gasteiger charge is 2.17. The third-order valence-electron chi connectivity index (χ3n) is 2.60. The van der Waals surface area contributed by atoms with E-state index in [9.17, 15) is 8.42 Å². The third-order valence-corrected chi connectivity index (χ3v) is 5.35. The van der Waals surface area contributed by atoms with Crippen LogP contribution in [-0.4, -0.2) is 22.0 Å². The number of nitrogens with one attached hydrogen (secondary N) is 2. The van der Waals surface area contributed by atoms with Crippen LogP contribution in [0.25, 0.3) is 0 Å². The van der Waals surface area contributed by atoms with E-state index >= 15 is 0 Å². The molecular formula is C12H19BrN2O2S. The topological polar surface area (TPSA) is 58.2 Å². The molecule has 0 aliphatic rings. The van der Waals surface area contributed by atoms with Crippen molar-refractivity contribution in [3.63, 3.8) is 0 Å². The molecule has 0 unspecified atom stereocenters. The van der Waals surface area contributed by atoms with Crippen LogP contribution < -0.4 is 10.0 Å². The summed E-state index contributed by atoms with van der Waals surface area (Å²) in [5.74, 6) is 0. The number of halogens is 1. The van der Waals surface area contributed by atoms with E-state index in [1.807, 2.05) is 13.0 Å². The molecule has 0 saturated heterocycles. The monoisotopic (exact) mass is 334 g/mol. The molecule has 4 nitrogen and oxygen atoms in total. The molecule has 18 heavy (non-hydrogen) atoms. The van der Waals surface area contributed by atoms with E-state index in [0.29, 0.717) is 15.9 Å². The van der Waals surface area contributed by atoms with Gasteiger partial charge in [-0.3, -0.25) is 0 Å². The summed E-state index contributed by atoms with van der Waals surface area (Å²) < 4.78 is 26.8. The minimum absolute atomic E-state index is 0.290. The number of rotatable bonds is 6. The quantitative estimate of drug-likeness (QED) is 0.784. The van der Waals surface area contributed by atoms with Crippen molar-refractivity contribution in [1.82, 2.24) is 10.0 Å². The first-order valence-corrected chi connectivity index (χ1v) is 8.13. The normalized spacial score (nSPS) is 11.8. The highest BCUT2D eigenvalue weighted by atomic mass is 79.9. The Balaban J connectivity index is 3.11. The predicted molar refractivity (Wildman–Crippen MR) is 77.1 cm³/mol. The van der Waals surface area contributed by atoms with E-state index in [4.69, 9.17) is 0 Å². The Labute approximate surface area is 117 Å². The maximum Gasteiger partial charge on any atom is 0.241 e. The van der Waals surface area contributed by atoms with Crippen LogP contribution in [0.15, 0.2) is 21.5 Å². The largest absolute Gasteiger partial charge is 0.313 e. The fourth-order valence-corrected chi connectivity index (χ4v) is 3.42. The molecule has 0 fully saturated rings. The molecule has 6 heteroatoms. The van der Waals surface area contributed by atoms with Gasteiger partial charge in [0.25, 0.3) is 0 Å². The summed E-state index contributed by atoms with van der Waals surface area (Å²) in [6, 6.07) is 3.69. The second-order valence-electron chi connectivity index (χ2n) is 4.11. The van der Waals surface area contributed by atoms with E-state index in [1.54, 1.807) is 6.07 Å². The summed E-state index contributed by atoms with van der Waals surface area (Å²) in [6.45, 7) is 5.58. The van der Waals surface area contributed by atoms with Crippen molar-refractivity contribution in [1.29, 1.82) is 0 Å².